The molecule has 5 heteroatoms. The molecule has 0 unspecified atom stereocenters. The van der Waals surface area contributed by atoms with E-state index in [9.17, 15) is 4.39 Å². The monoisotopic (exact) mass is 333 g/mol. The van der Waals surface area contributed by atoms with Gasteiger partial charge in [0.05, 0.1) is 13.7 Å². The van der Waals surface area contributed by atoms with E-state index in [-0.39, 0.29) is 5.82 Å². The van der Waals surface area contributed by atoms with Crippen LogP contribution >= 0.6 is 0 Å². The lowest BCUT2D eigenvalue weighted by Gasteiger charge is -2.15. The summed E-state index contributed by atoms with van der Waals surface area (Å²) in [6.07, 6.45) is 0. The summed E-state index contributed by atoms with van der Waals surface area (Å²) in [7, 11) is 1.63. The number of halogens is 1. The minimum atomic E-state index is -0.225. The SMILES string of the molecule is CCOCCOc1c(CNCc2ccc(F)cc2)cccc1OC. The van der Waals surface area contributed by atoms with E-state index in [4.69, 9.17) is 14.2 Å². The summed E-state index contributed by atoms with van der Waals surface area (Å²) >= 11 is 0. The van der Waals surface area contributed by atoms with Crippen molar-refractivity contribution in [1.29, 1.82) is 0 Å². The second-order valence-electron chi connectivity index (χ2n) is 5.22. The number of methoxy groups -OCH3 is 1. The molecule has 0 radical (unpaired) electrons. The molecule has 0 amide bonds. The van der Waals surface area contributed by atoms with Crippen molar-refractivity contribution in [3.8, 4) is 11.5 Å². The Morgan fingerprint density at radius 2 is 1.79 bits per heavy atom. The molecule has 0 fully saturated rings. The highest BCUT2D eigenvalue weighted by Crippen LogP contribution is 2.31. The highest BCUT2D eigenvalue weighted by Gasteiger charge is 2.10. The van der Waals surface area contributed by atoms with Crippen molar-refractivity contribution in [3.05, 3.63) is 59.4 Å². The van der Waals surface area contributed by atoms with Crippen LogP contribution in [-0.4, -0.2) is 26.9 Å². The van der Waals surface area contributed by atoms with Crippen LogP contribution in [0.2, 0.25) is 0 Å². The number of ether oxygens (including phenoxy) is 3. The van der Waals surface area contributed by atoms with Gasteiger partial charge in [0.2, 0.25) is 0 Å². The third kappa shape index (κ3) is 5.51. The van der Waals surface area contributed by atoms with E-state index in [0.29, 0.717) is 38.7 Å². The van der Waals surface area contributed by atoms with Gasteiger partial charge in [-0.15, -0.1) is 0 Å². The topological polar surface area (TPSA) is 39.7 Å². The summed E-state index contributed by atoms with van der Waals surface area (Å²) in [5.74, 6) is 1.20. The maximum Gasteiger partial charge on any atom is 0.165 e. The molecule has 130 valence electrons. The molecule has 0 aliphatic heterocycles. The highest BCUT2D eigenvalue weighted by atomic mass is 19.1. The Morgan fingerprint density at radius 1 is 1.00 bits per heavy atom. The van der Waals surface area contributed by atoms with Gasteiger partial charge in [-0.2, -0.15) is 0 Å². The van der Waals surface area contributed by atoms with Crippen LogP contribution in [0.25, 0.3) is 0 Å². The van der Waals surface area contributed by atoms with Crippen molar-refractivity contribution < 1.29 is 18.6 Å². The molecule has 0 bridgehead atoms. The van der Waals surface area contributed by atoms with Gasteiger partial charge < -0.3 is 19.5 Å². The third-order valence-electron chi connectivity index (χ3n) is 3.52. The van der Waals surface area contributed by atoms with E-state index >= 15 is 0 Å². The number of rotatable bonds is 10. The van der Waals surface area contributed by atoms with Crippen LogP contribution in [0.5, 0.6) is 11.5 Å². The Labute approximate surface area is 142 Å². The van der Waals surface area contributed by atoms with E-state index in [1.807, 2.05) is 25.1 Å². The predicted octanol–water partition coefficient (Wildman–Crippen LogP) is 3.54. The normalized spacial score (nSPS) is 10.6. The standard InChI is InChI=1S/C19H24FNO3/c1-3-23-11-12-24-19-16(5-4-6-18(19)22-2)14-21-13-15-7-9-17(20)10-8-15/h4-10,21H,3,11-14H2,1-2H3. The lowest BCUT2D eigenvalue weighted by Crippen LogP contribution is -2.15. The van der Waals surface area contributed by atoms with Crippen molar-refractivity contribution in [2.45, 2.75) is 20.0 Å². The molecule has 2 aromatic rings. The van der Waals surface area contributed by atoms with Gasteiger partial charge in [0.1, 0.15) is 12.4 Å². The van der Waals surface area contributed by atoms with Crippen molar-refractivity contribution >= 4 is 0 Å². The Balaban J connectivity index is 1.96. The van der Waals surface area contributed by atoms with E-state index in [1.54, 1.807) is 19.2 Å². The third-order valence-corrected chi connectivity index (χ3v) is 3.52. The first-order valence-electron chi connectivity index (χ1n) is 8.06. The lowest BCUT2D eigenvalue weighted by atomic mass is 10.1. The fraction of sp³-hybridized carbons (Fsp3) is 0.368. The van der Waals surface area contributed by atoms with Crippen LogP contribution in [-0.2, 0) is 17.8 Å². The van der Waals surface area contributed by atoms with E-state index in [2.05, 4.69) is 5.32 Å². The molecule has 4 nitrogen and oxygen atoms in total. The molecule has 24 heavy (non-hydrogen) atoms. The second-order valence-corrected chi connectivity index (χ2v) is 5.22. The Morgan fingerprint density at radius 3 is 2.50 bits per heavy atom. The van der Waals surface area contributed by atoms with Gasteiger partial charge in [0.25, 0.3) is 0 Å². The smallest absolute Gasteiger partial charge is 0.165 e. The van der Waals surface area contributed by atoms with E-state index in [1.165, 1.54) is 12.1 Å². The van der Waals surface area contributed by atoms with Crippen LogP contribution in [0.15, 0.2) is 42.5 Å². The predicted molar refractivity (Wildman–Crippen MR) is 91.9 cm³/mol. The van der Waals surface area contributed by atoms with Crippen LogP contribution in [0, 0.1) is 5.82 Å². The first-order chi connectivity index (χ1) is 11.7. The summed E-state index contributed by atoms with van der Waals surface area (Å²) in [4.78, 5) is 0. The average molecular weight is 333 g/mol. The van der Waals surface area contributed by atoms with Crippen LogP contribution in [0.4, 0.5) is 4.39 Å². The number of benzene rings is 2. The van der Waals surface area contributed by atoms with Crippen LogP contribution < -0.4 is 14.8 Å². The van der Waals surface area contributed by atoms with Gasteiger partial charge in [0, 0.05) is 25.3 Å². The number of hydrogen-bond donors (Lipinski definition) is 1. The maximum absolute atomic E-state index is 12.9. The van der Waals surface area contributed by atoms with Crippen LogP contribution in [0.3, 0.4) is 0 Å². The Hall–Kier alpha value is -2.11. The summed E-state index contributed by atoms with van der Waals surface area (Å²) in [5, 5.41) is 3.34. The molecule has 1 N–H and O–H groups in total. The van der Waals surface area contributed by atoms with E-state index < -0.39 is 0 Å². The largest absolute Gasteiger partial charge is 0.493 e. The molecular formula is C19H24FNO3. The zero-order valence-electron chi connectivity index (χ0n) is 14.2. The first-order valence-corrected chi connectivity index (χ1v) is 8.06. The van der Waals surface area contributed by atoms with Crippen molar-refractivity contribution in [2.24, 2.45) is 0 Å². The van der Waals surface area contributed by atoms with E-state index in [0.717, 1.165) is 16.9 Å². The zero-order valence-corrected chi connectivity index (χ0v) is 14.2. The minimum absolute atomic E-state index is 0.225. The molecule has 0 spiro atoms. The summed E-state index contributed by atoms with van der Waals surface area (Å²) in [6.45, 7) is 4.90. The summed E-state index contributed by atoms with van der Waals surface area (Å²) in [5.41, 5.74) is 2.03. The Kier molecular flexibility index (Phi) is 7.52. The van der Waals surface area contributed by atoms with Gasteiger partial charge >= 0.3 is 0 Å². The quantitative estimate of drug-likeness (QED) is 0.675. The molecule has 0 aromatic heterocycles. The fourth-order valence-corrected chi connectivity index (χ4v) is 2.32. The average Bonchev–Trinajstić information content (AvgIpc) is 2.61. The maximum atomic E-state index is 12.9. The summed E-state index contributed by atoms with van der Waals surface area (Å²) in [6, 6.07) is 12.3. The van der Waals surface area contributed by atoms with Gasteiger partial charge in [-0.3, -0.25) is 0 Å². The fourth-order valence-electron chi connectivity index (χ4n) is 2.32. The minimum Gasteiger partial charge on any atom is -0.493 e. The number of para-hydroxylation sites is 1. The Bertz CT molecular complexity index is 617. The molecule has 0 saturated heterocycles. The summed E-state index contributed by atoms with van der Waals surface area (Å²) < 4.78 is 29.5. The lowest BCUT2D eigenvalue weighted by molar-refractivity contribution is 0.108. The first kappa shape index (κ1) is 18.2. The number of nitrogens with one attached hydrogen (secondary N) is 1. The number of hydrogen-bond acceptors (Lipinski definition) is 4. The molecular weight excluding hydrogens is 309 g/mol. The van der Waals surface area contributed by atoms with Crippen LogP contribution in [0.1, 0.15) is 18.1 Å². The molecule has 0 heterocycles. The van der Waals surface area contributed by atoms with Crippen molar-refractivity contribution in [1.82, 2.24) is 5.32 Å². The van der Waals surface area contributed by atoms with Crippen molar-refractivity contribution in [2.75, 3.05) is 26.9 Å². The highest BCUT2D eigenvalue weighted by molar-refractivity contribution is 5.46. The van der Waals surface area contributed by atoms with Crippen molar-refractivity contribution in [3.63, 3.8) is 0 Å². The molecule has 0 aliphatic carbocycles. The zero-order chi connectivity index (χ0) is 17.2. The van der Waals surface area contributed by atoms with Gasteiger partial charge in [-0.1, -0.05) is 24.3 Å². The molecule has 2 rings (SSSR count). The molecule has 0 saturated carbocycles. The molecule has 2 aromatic carbocycles. The van der Waals surface area contributed by atoms with Gasteiger partial charge in [0.15, 0.2) is 11.5 Å². The van der Waals surface area contributed by atoms with Gasteiger partial charge in [-0.25, -0.2) is 4.39 Å². The molecule has 0 aliphatic rings. The van der Waals surface area contributed by atoms with Gasteiger partial charge in [-0.05, 0) is 30.7 Å². The second kappa shape index (κ2) is 9.90. The molecule has 0 atom stereocenters.